The lowest BCUT2D eigenvalue weighted by Gasteiger charge is -2.19. The van der Waals surface area contributed by atoms with Gasteiger partial charge in [-0.25, -0.2) is 4.68 Å². The Morgan fingerprint density at radius 3 is 2.53 bits per heavy atom. The Morgan fingerprint density at radius 1 is 1.09 bits per heavy atom. The molecule has 0 aliphatic heterocycles. The molecule has 2 amide bonds. The van der Waals surface area contributed by atoms with Crippen LogP contribution in [0, 0.1) is 0 Å². The van der Waals surface area contributed by atoms with Crippen LogP contribution in [0.1, 0.15) is 24.2 Å². The van der Waals surface area contributed by atoms with Crippen LogP contribution in [0.2, 0.25) is 0 Å². The molecule has 0 aliphatic rings. The molecule has 0 unspecified atom stereocenters. The van der Waals surface area contributed by atoms with E-state index in [9.17, 15) is 9.59 Å². The van der Waals surface area contributed by atoms with Gasteiger partial charge in [-0.1, -0.05) is 17.8 Å². The number of carbonyl (C=O) groups excluding carboxylic acids is 2. The van der Waals surface area contributed by atoms with Crippen LogP contribution in [0.25, 0.3) is 11.4 Å². The van der Waals surface area contributed by atoms with Gasteiger partial charge in [0.15, 0.2) is 5.82 Å². The fourth-order valence-corrected chi connectivity index (χ4v) is 3.95. The summed E-state index contributed by atoms with van der Waals surface area (Å²) in [5.41, 5.74) is 1.71. The highest BCUT2D eigenvalue weighted by atomic mass is 32.2. The second-order valence-corrected chi connectivity index (χ2v) is 8.08. The van der Waals surface area contributed by atoms with Gasteiger partial charge in [0.1, 0.15) is 11.5 Å². The van der Waals surface area contributed by atoms with E-state index in [4.69, 9.17) is 15.3 Å². The smallest absolute Gasteiger partial charge is 0.253 e. The van der Waals surface area contributed by atoms with E-state index in [2.05, 4.69) is 15.5 Å². The van der Waals surface area contributed by atoms with Gasteiger partial charge in [-0.3, -0.25) is 9.59 Å². The average Bonchev–Trinajstić information content (AvgIpc) is 3.22. The molecule has 3 aromatic rings. The fourth-order valence-electron chi connectivity index (χ4n) is 3.29. The molecule has 0 saturated heterocycles. The highest BCUT2D eigenvalue weighted by Crippen LogP contribution is 2.33. The lowest BCUT2D eigenvalue weighted by Crippen LogP contribution is -2.30. The number of nitrogens with zero attached hydrogens (tertiary/aromatic N) is 4. The van der Waals surface area contributed by atoms with Gasteiger partial charge in [0.25, 0.3) is 5.91 Å². The van der Waals surface area contributed by atoms with Gasteiger partial charge in [0, 0.05) is 30.4 Å². The highest BCUT2D eigenvalue weighted by Gasteiger charge is 2.18. The van der Waals surface area contributed by atoms with E-state index in [0.717, 1.165) is 11.8 Å². The molecule has 0 fully saturated rings. The number of nitrogens with one attached hydrogen (secondary N) is 1. The first kappa shape index (κ1) is 24.9. The van der Waals surface area contributed by atoms with Crippen molar-refractivity contribution in [3.63, 3.8) is 0 Å². The maximum atomic E-state index is 12.6. The Hall–Kier alpha value is -3.73. The van der Waals surface area contributed by atoms with Crippen molar-refractivity contribution in [2.24, 2.45) is 0 Å². The van der Waals surface area contributed by atoms with Crippen LogP contribution in [0.5, 0.6) is 11.5 Å². The number of thioether (sulfide) groups is 1. The molecule has 3 N–H and O–H groups in total. The van der Waals surface area contributed by atoms with Crippen molar-refractivity contribution in [1.29, 1.82) is 0 Å². The van der Waals surface area contributed by atoms with Crippen molar-refractivity contribution in [1.82, 2.24) is 19.8 Å². The van der Waals surface area contributed by atoms with Crippen molar-refractivity contribution in [3.8, 4) is 22.9 Å². The third-order valence-corrected chi connectivity index (χ3v) is 6.03. The van der Waals surface area contributed by atoms with E-state index in [1.54, 1.807) is 61.6 Å². The normalized spacial score (nSPS) is 10.6. The number of amides is 2. The lowest BCUT2D eigenvalue weighted by atomic mass is 10.1. The first-order chi connectivity index (χ1) is 16.4. The molecule has 3 rings (SSSR count). The van der Waals surface area contributed by atoms with Crippen LogP contribution in [0.4, 0.5) is 5.69 Å². The van der Waals surface area contributed by atoms with Gasteiger partial charge >= 0.3 is 0 Å². The number of benzene rings is 2. The minimum absolute atomic E-state index is 0.0588. The van der Waals surface area contributed by atoms with E-state index in [-0.39, 0.29) is 17.6 Å². The molecule has 11 heteroatoms. The number of nitrogen functional groups attached to an aromatic ring is 1. The van der Waals surface area contributed by atoms with E-state index in [1.165, 1.54) is 4.68 Å². The van der Waals surface area contributed by atoms with Crippen molar-refractivity contribution < 1.29 is 19.1 Å². The van der Waals surface area contributed by atoms with Crippen LogP contribution in [0.15, 0.2) is 47.6 Å². The number of ether oxygens (including phenoxy) is 2. The Morgan fingerprint density at radius 2 is 1.85 bits per heavy atom. The highest BCUT2D eigenvalue weighted by molar-refractivity contribution is 7.99. The third kappa shape index (κ3) is 5.60. The summed E-state index contributed by atoms with van der Waals surface area (Å²) < 4.78 is 11.9. The maximum absolute atomic E-state index is 12.6. The zero-order valence-electron chi connectivity index (χ0n) is 19.6. The minimum atomic E-state index is -0.260. The molecule has 0 bridgehead atoms. The van der Waals surface area contributed by atoms with Crippen molar-refractivity contribution in [2.45, 2.75) is 19.0 Å². The predicted molar refractivity (Wildman–Crippen MR) is 132 cm³/mol. The van der Waals surface area contributed by atoms with Gasteiger partial charge < -0.3 is 25.5 Å². The van der Waals surface area contributed by atoms with Crippen LogP contribution < -0.4 is 20.6 Å². The number of carbonyl (C=O) groups is 2. The minimum Gasteiger partial charge on any atom is -0.497 e. The predicted octanol–water partition coefficient (Wildman–Crippen LogP) is 2.89. The van der Waals surface area contributed by atoms with E-state index in [1.807, 2.05) is 13.8 Å². The summed E-state index contributed by atoms with van der Waals surface area (Å²) in [5, 5.41) is 11.4. The van der Waals surface area contributed by atoms with Crippen LogP contribution >= 0.6 is 11.8 Å². The second kappa shape index (κ2) is 11.4. The fraction of sp³-hybridized carbons (Fsp3) is 0.304. The summed E-state index contributed by atoms with van der Waals surface area (Å²) in [6.45, 7) is 5.09. The number of aromatic nitrogens is 3. The summed E-state index contributed by atoms with van der Waals surface area (Å²) in [4.78, 5) is 26.8. The lowest BCUT2D eigenvalue weighted by molar-refractivity contribution is -0.113. The van der Waals surface area contributed by atoms with E-state index < -0.39 is 0 Å². The average molecular weight is 485 g/mol. The first-order valence-electron chi connectivity index (χ1n) is 10.7. The monoisotopic (exact) mass is 484 g/mol. The summed E-state index contributed by atoms with van der Waals surface area (Å²) in [6.07, 6.45) is 0. The number of nitrogens with two attached hydrogens (primary N) is 1. The summed E-state index contributed by atoms with van der Waals surface area (Å²) in [6, 6.07) is 12.2. The van der Waals surface area contributed by atoms with Crippen LogP contribution in [-0.2, 0) is 4.79 Å². The summed E-state index contributed by atoms with van der Waals surface area (Å²) in [5.74, 6) is 7.47. The summed E-state index contributed by atoms with van der Waals surface area (Å²) in [7, 11) is 3.11. The Kier molecular flexibility index (Phi) is 8.36. The molecular formula is C23H28N6O4S. The van der Waals surface area contributed by atoms with Gasteiger partial charge in [-0.2, -0.15) is 0 Å². The molecule has 1 heterocycles. The number of rotatable bonds is 10. The molecule has 10 nitrogen and oxygen atoms in total. The van der Waals surface area contributed by atoms with Crippen molar-refractivity contribution in [2.75, 3.05) is 44.2 Å². The maximum Gasteiger partial charge on any atom is 0.253 e. The Bertz CT molecular complexity index is 1160. The molecule has 0 spiro atoms. The van der Waals surface area contributed by atoms with Gasteiger partial charge in [0.2, 0.25) is 11.1 Å². The quantitative estimate of drug-likeness (QED) is 0.332. The standard InChI is InChI=1S/C23H28N6O4S/c1-5-28(6-2)22(31)15-8-7-9-16(12-15)25-20(30)14-34-23-27-26-21(29(23)24)18-11-10-17(32-3)13-19(18)33-4/h7-13H,5-6,14,24H2,1-4H3,(H,25,30). The molecule has 0 saturated carbocycles. The van der Waals surface area contributed by atoms with Gasteiger partial charge in [-0.05, 0) is 44.2 Å². The Labute approximate surface area is 202 Å². The molecule has 0 radical (unpaired) electrons. The number of hydrogen-bond acceptors (Lipinski definition) is 8. The van der Waals surface area contributed by atoms with E-state index >= 15 is 0 Å². The summed E-state index contributed by atoms with van der Waals surface area (Å²) >= 11 is 1.15. The third-order valence-electron chi connectivity index (χ3n) is 5.09. The molecule has 180 valence electrons. The zero-order valence-corrected chi connectivity index (χ0v) is 20.4. The Balaban J connectivity index is 1.66. The first-order valence-corrected chi connectivity index (χ1v) is 11.6. The zero-order chi connectivity index (χ0) is 24.7. The number of anilines is 1. The van der Waals surface area contributed by atoms with Crippen LogP contribution in [-0.4, -0.2) is 64.6 Å². The molecule has 2 aromatic carbocycles. The topological polar surface area (TPSA) is 125 Å². The van der Waals surface area contributed by atoms with Crippen molar-refractivity contribution >= 4 is 29.3 Å². The molecular weight excluding hydrogens is 456 g/mol. The van der Waals surface area contributed by atoms with Crippen LogP contribution in [0.3, 0.4) is 0 Å². The second-order valence-electron chi connectivity index (χ2n) is 7.14. The van der Waals surface area contributed by atoms with E-state index in [0.29, 0.717) is 52.4 Å². The molecule has 34 heavy (non-hydrogen) atoms. The number of methoxy groups -OCH3 is 2. The molecule has 0 atom stereocenters. The number of hydrogen-bond donors (Lipinski definition) is 2. The van der Waals surface area contributed by atoms with Gasteiger partial charge in [0.05, 0.1) is 25.5 Å². The van der Waals surface area contributed by atoms with Gasteiger partial charge in [-0.15, -0.1) is 10.2 Å². The molecule has 1 aromatic heterocycles. The molecule has 0 aliphatic carbocycles. The largest absolute Gasteiger partial charge is 0.497 e. The SMILES string of the molecule is CCN(CC)C(=O)c1cccc(NC(=O)CSc2nnc(-c3ccc(OC)cc3OC)n2N)c1. The van der Waals surface area contributed by atoms with Crippen molar-refractivity contribution in [3.05, 3.63) is 48.0 Å².